The Morgan fingerprint density at radius 2 is 2.03 bits per heavy atom. The number of hydrogen-bond acceptors (Lipinski definition) is 6. The van der Waals surface area contributed by atoms with Gasteiger partial charge in [0.15, 0.2) is 5.78 Å². The number of benzene rings is 1. The largest absolute Gasteiger partial charge is 0.354 e. The van der Waals surface area contributed by atoms with Crippen molar-refractivity contribution in [3.8, 4) is 0 Å². The molecule has 0 radical (unpaired) electrons. The maximum atomic E-state index is 12.8. The zero-order valence-electron chi connectivity index (χ0n) is 20.3. The molecule has 0 fully saturated rings. The highest BCUT2D eigenvalue weighted by Crippen LogP contribution is 2.40. The number of Topliss-reactive ketones (excluding diaryl/α,β-unsaturated/α-hetero) is 1. The van der Waals surface area contributed by atoms with Crippen LogP contribution in [0.25, 0.3) is 15.8 Å². The number of aromatic nitrogens is 1. The van der Waals surface area contributed by atoms with Gasteiger partial charge in [-0.15, -0.1) is 11.3 Å². The van der Waals surface area contributed by atoms with Crippen LogP contribution in [-0.4, -0.2) is 19.1 Å². The average molecular weight is 480 g/mol. The van der Waals surface area contributed by atoms with Gasteiger partial charge in [0.1, 0.15) is 0 Å². The van der Waals surface area contributed by atoms with Crippen molar-refractivity contribution in [2.45, 2.75) is 65.1 Å². The van der Waals surface area contributed by atoms with E-state index in [1.807, 2.05) is 19.2 Å². The van der Waals surface area contributed by atoms with Gasteiger partial charge in [-0.1, -0.05) is 39.8 Å². The lowest BCUT2D eigenvalue weighted by Gasteiger charge is -2.35. The molecule has 4 rings (SSSR count). The molecular formula is C26H33N3O2SSi. The molecule has 174 valence electrons. The molecule has 1 aromatic carbocycles. The monoisotopic (exact) mass is 479 g/mol. The predicted octanol–water partition coefficient (Wildman–Crippen LogP) is 7.45. The van der Waals surface area contributed by atoms with E-state index in [4.69, 9.17) is 4.53 Å². The number of allylic oxidation sites excluding steroid dienone is 1. The van der Waals surface area contributed by atoms with Crippen molar-refractivity contribution in [2.24, 2.45) is 0 Å². The van der Waals surface area contributed by atoms with E-state index in [1.54, 1.807) is 6.20 Å². The lowest BCUT2D eigenvalue weighted by molar-refractivity contribution is 0.0986. The molecule has 5 nitrogen and oxygen atoms in total. The second kappa shape index (κ2) is 9.04. The van der Waals surface area contributed by atoms with Gasteiger partial charge in [-0.05, 0) is 54.7 Å². The predicted molar refractivity (Wildman–Crippen MR) is 142 cm³/mol. The van der Waals surface area contributed by atoms with Crippen molar-refractivity contribution in [1.29, 1.82) is 0 Å². The molecule has 0 saturated heterocycles. The van der Waals surface area contributed by atoms with E-state index in [0.717, 1.165) is 44.9 Å². The second-order valence-corrected chi connectivity index (χ2v) is 15.9. The lowest BCUT2D eigenvalue weighted by Crippen LogP contribution is -2.44. The molecule has 2 aromatic heterocycles. The number of pyridine rings is 1. The Kier molecular flexibility index (Phi) is 6.49. The number of carbonyl (C=O) groups excluding carboxylic acids is 1. The maximum absolute atomic E-state index is 12.8. The van der Waals surface area contributed by atoms with E-state index >= 15 is 0 Å². The summed E-state index contributed by atoms with van der Waals surface area (Å²) < 4.78 is 7.25. The molecule has 0 atom stereocenters. The number of nitrogens with zero attached hydrogens (tertiary/aromatic N) is 1. The van der Waals surface area contributed by atoms with Crippen LogP contribution in [-0.2, 0) is 10.9 Å². The number of carbonyl (C=O) groups is 1. The van der Waals surface area contributed by atoms with Crippen molar-refractivity contribution in [1.82, 2.24) is 10.5 Å². The Labute approximate surface area is 201 Å². The van der Waals surface area contributed by atoms with Crippen LogP contribution in [0.1, 0.15) is 61.3 Å². The fourth-order valence-corrected chi connectivity index (χ4v) is 5.38. The Balaban J connectivity index is 1.57. The number of anilines is 2. The first-order chi connectivity index (χ1) is 15.6. The fourth-order valence-electron chi connectivity index (χ4n) is 3.61. The molecule has 0 amide bonds. The van der Waals surface area contributed by atoms with E-state index in [0.29, 0.717) is 6.42 Å². The summed E-state index contributed by atoms with van der Waals surface area (Å²) in [5.74, 6) is 0.179. The number of nitrogens with one attached hydrogen (secondary N) is 2. The summed E-state index contributed by atoms with van der Waals surface area (Å²) in [6.45, 7) is 13.2. The Morgan fingerprint density at radius 3 is 2.76 bits per heavy atom. The van der Waals surface area contributed by atoms with Gasteiger partial charge < -0.3 is 9.84 Å². The zero-order valence-corrected chi connectivity index (χ0v) is 22.2. The standard InChI is InChI=1S/C26H33N3O2SSi/c1-7-8-22(30)25-24(20-13-14-27-16-23(20)32-25)28-18-10-11-19-17(15-18)9-12-21(19)29-31-33(5,6)26(2,3)4/h10-16,28-29H,7-9H2,1-6H3. The highest BCUT2D eigenvalue weighted by Gasteiger charge is 2.38. The van der Waals surface area contributed by atoms with E-state index < -0.39 is 8.32 Å². The number of hydrogen-bond donors (Lipinski definition) is 2. The van der Waals surface area contributed by atoms with E-state index in [9.17, 15) is 4.79 Å². The van der Waals surface area contributed by atoms with Crippen LogP contribution in [0.2, 0.25) is 18.1 Å². The van der Waals surface area contributed by atoms with Gasteiger partial charge in [0, 0.05) is 35.5 Å². The van der Waals surface area contributed by atoms with Gasteiger partial charge in [0.2, 0.25) is 8.32 Å². The van der Waals surface area contributed by atoms with E-state index in [2.05, 4.69) is 73.9 Å². The summed E-state index contributed by atoms with van der Waals surface area (Å²) in [6.07, 6.45) is 8.03. The minimum atomic E-state index is -1.90. The van der Waals surface area contributed by atoms with Gasteiger partial charge in [-0.2, -0.15) is 0 Å². The normalized spacial score (nSPS) is 13.7. The molecule has 3 aromatic rings. The zero-order chi connectivity index (χ0) is 23.8. The summed E-state index contributed by atoms with van der Waals surface area (Å²) in [7, 11) is -1.90. The van der Waals surface area contributed by atoms with Gasteiger partial charge in [0.25, 0.3) is 0 Å². The first kappa shape index (κ1) is 23.7. The fraction of sp³-hybridized carbons (Fsp3) is 0.385. The van der Waals surface area contributed by atoms with Gasteiger partial charge in [-0.25, -0.2) is 0 Å². The molecule has 2 heterocycles. The molecular weight excluding hydrogens is 446 g/mol. The van der Waals surface area contributed by atoms with Crippen LogP contribution in [0.3, 0.4) is 0 Å². The molecule has 33 heavy (non-hydrogen) atoms. The van der Waals surface area contributed by atoms with E-state index in [-0.39, 0.29) is 10.8 Å². The summed E-state index contributed by atoms with van der Waals surface area (Å²) in [4.78, 5) is 17.8. The van der Waals surface area contributed by atoms with Crippen molar-refractivity contribution < 1.29 is 9.32 Å². The third kappa shape index (κ3) is 4.76. The minimum absolute atomic E-state index is 0.140. The summed E-state index contributed by atoms with van der Waals surface area (Å²) in [5, 5.41) is 4.73. The molecule has 0 aliphatic heterocycles. The van der Waals surface area contributed by atoms with Crippen LogP contribution in [0, 0.1) is 0 Å². The summed E-state index contributed by atoms with van der Waals surface area (Å²) in [6, 6.07) is 8.35. The highest BCUT2D eigenvalue weighted by molar-refractivity contribution is 7.21. The van der Waals surface area contributed by atoms with Crippen molar-refractivity contribution in [3.63, 3.8) is 0 Å². The molecule has 0 unspecified atom stereocenters. The number of rotatable bonds is 8. The summed E-state index contributed by atoms with van der Waals surface area (Å²) in [5.41, 5.74) is 8.58. The highest BCUT2D eigenvalue weighted by atomic mass is 32.1. The SMILES string of the molecule is CCCC(=O)c1sc2cnccc2c1Nc1ccc2c(c1)CC=C2NO[Si](C)(C)C(C)(C)C. The van der Waals surface area contributed by atoms with Crippen LogP contribution in [0.5, 0.6) is 0 Å². The minimum Gasteiger partial charge on any atom is -0.354 e. The van der Waals surface area contributed by atoms with E-state index in [1.165, 1.54) is 22.5 Å². The topological polar surface area (TPSA) is 63.2 Å². The Morgan fingerprint density at radius 1 is 1.24 bits per heavy atom. The number of ketones is 1. The quantitative estimate of drug-likeness (QED) is 0.200. The van der Waals surface area contributed by atoms with Crippen molar-refractivity contribution >= 4 is 52.6 Å². The smallest absolute Gasteiger partial charge is 0.228 e. The van der Waals surface area contributed by atoms with Crippen LogP contribution >= 0.6 is 11.3 Å². The molecule has 2 N–H and O–H groups in total. The maximum Gasteiger partial charge on any atom is 0.228 e. The second-order valence-electron chi connectivity index (χ2n) is 10.1. The Bertz CT molecular complexity index is 1220. The molecule has 1 aliphatic carbocycles. The average Bonchev–Trinajstić information content (AvgIpc) is 3.33. The number of fused-ring (bicyclic) bond motifs is 2. The lowest BCUT2D eigenvalue weighted by atomic mass is 10.1. The van der Waals surface area contributed by atoms with Crippen LogP contribution in [0.4, 0.5) is 11.4 Å². The number of thiophene rings is 1. The van der Waals surface area contributed by atoms with Crippen LogP contribution < -0.4 is 10.8 Å². The molecule has 0 saturated carbocycles. The third-order valence-electron chi connectivity index (χ3n) is 6.64. The molecule has 0 spiro atoms. The first-order valence-corrected chi connectivity index (χ1v) is 15.3. The molecule has 1 aliphatic rings. The first-order valence-electron chi connectivity index (χ1n) is 11.5. The Hall–Kier alpha value is -2.48. The van der Waals surface area contributed by atoms with Gasteiger partial charge in [-0.3, -0.25) is 15.3 Å². The summed E-state index contributed by atoms with van der Waals surface area (Å²) >= 11 is 1.52. The van der Waals surface area contributed by atoms with Crippen LogP contribution in [0.15, 0.2) is 42.7 Å². The molecule has 0 bridgehead atoms. The van der Waals surface area contributed by atoms with Crippen molar-refractivity contribution in [3.05, 3.63) is 58.7 Å². The molecule has 7 heteroatoms. The third-order valence-corrected chi connectivity index (χ3v) is 12.0. The van der Waals surface area contributed by atoms with Crippen molar-refractivity contribution in [2.75, 3.05) is 5.32 Å². The van der Waals surface area contributed by atoms with Gasteiger partial charge >= 0.3 is 0 Å². The number of hydroxylamine groups is 1. The van der Waals surface area contributed by atoms with Gasteiger partial charge in [0.05, 0.1) is 21.0 Å².